The van der Waals surface area contributed by atoms with Gasteiger partial charge in [0.1, 0.15) is 11.5 Å². The number of rotatable bonds is 5. The maximum Gasteiger partial charge on any atom is 0.159 e. The van der Waals surface area contributed by atoms with E-state index in [0.717, 1.165) is 28.0 Å². The Morgan fingerprint density at radius 2 is 1.81 bits per heavy atom. The van der Waals surface area contributed by atoms with Crippen LogP contribution in [0.3, 0.4) is 0 Å². The summed E-state index contributed by atoms with van der Waals surface area (Å²) in [6.45, 7) is 0.499. The lowest BCUT2D eigenvalue weighted by Gasteiger charge is -2.10. The van der Waals surface area contributed by atoms with Gasteiger partial charge in [-0.3, -0.25) is 5.10 Å². The van der Waals surface area contributed by atoms with Crippen LogP contribution in [0, 0.1) is 0 Å². The number of nitrogens with zero attached hydrogens (tertiary/aromatic N) is 1. The zero-order valence-corrected chi connectivity index (χ0v) is 15.2. The van der Waals surface area contributed by atoms with Crippen molar-refractivity contribution in [2.75, 3.05) is 5.32 Å². The second-order valence-corrected chi connectivity index (χ2v) is 6.60. The van der Waals surface area contributed by atoms with E-state index in [1.165, 1.54) is 0 Å². The fraction of sp³-hybridized carbons (Fsp3) is 0.0500. The molecule has 0 unspecified atom stereocenters. The van der Waals surface area contributed by atoms with E-state index < -0.39 is 0 Å². The van der Waals surface area contributed by atoms with Crippen molar-refractivity contribution in [3.05, 3.63) is 82.3 Å². The largest absolute Gasteiger partial charge is 0.457 e. The number of aromatic nitrogens is 2. The number of benzene rings is 3. The molecule has 130 valence electrons. The van der Waals surface area contributed by atoms with Gasteiger partial charge in [-0.1, -0.05) is 47.5 Å². The molecule has 0 spiro atoms. The Morgan fingerprint density at radius 1 is 0.962 bits per heavy atom. The summed E-state index contributed by atoms with van der Waals surface area (Å²) >= 11 is 12.3. The molecule has 0 bridgehead atoms. The van der Waals surface area contributed by atoms with Crippen LogP contribution in [0.1, 0.15) is 5.56 Å². The average Bonchev–Trinajstić information content (AvgIpc) is 3.08. The highest BCUT2D eigenvalue weighted by atomic mass is 35.5. The summed E-state index contributed by atoms with van der Waals surface area (Å²) in [5.74, 6) is 2.19. The number of halogens is 2. The first kappa shape index (κ1) is 16.8. The quantitative estimate of drug-likeness (QED) is 0.426. The van der Waals surface area contributed by atoms with Crippen molar-refractivity contribution in [3.8, 4) is 11.5 Å². The molecular weight excluding hydrogens is 369 g/mol. The van der Waals surface area contributed by atoms with Crippen LogP contribution in [0.2, 0.25) is 10.0 Å². The molecule has 2 N–H and O–H groups in total. The molecule has 0 aliphatic heterocycles. The van der Waals surface area contributed by atoms with E-state index in [-0.39, 0.29) is 0 Å². The Morgan fingerprint density at radius 3 is 2.65 bits per heavy atom. The van der Waals surface area contributed by atoms with Crippen LogP contribution < -0.4 is 10.1 Å². The number of anilines is 1. The molecule has 0 amide bonds. The number of aromatic amines is 1. The summed E-state index contributed by atoms with van der Waals surface area (Å²) in [6, 6.07) is 20.8. The molecule has 0 saturated carbocycles. The van der Waals surface area contributed by atoms with Gasteiger partial charge in [0.25, 0.3) is 0 Å². The smallest absolute Gasteiger partial charge is 0.159 e. The molecule has 6 heteroatoms. The minimum absolute atomic E-state index is 0.499. The molecule has 1 aromatic heterocycles. The highest BCUT2D eigenvalue weighted by molar-refractivity contribution is 6.33. The van der Waals surface area contributed by atoms with Crippen molar-refractivity contribution in [2.24, 2.45) is 0 Å². The van der Waals surface area contributed by atoms with Crippen molar-refractivity contribution < 1.29 is 4.74 Å². The van der Waals surface area contributed by atoms with Crippen LogP contribution in [-0.2, 0) is 6.54 Å². The van der Waals surface area contributed by atoms with E-state index in [1.807, 2.05) is 54.6 Å². The van der Waals surface area contributed by atoms with Gasteiger partial charge in [-0.25, -0.2) is 0 Å². The van der Waals surface area contributed by atoms with Crippen molar-refractivity contribution in [3.63, 3.8) is 0 Å². The third-order valence-electron chi connectivity index (χ3n) is 3.98. The predicted molar refractivity (Wildman–Crippen MR) is 106 cm³/mol. The van der Waals surface area contributed by atoms with Crippen LogP contribution in [-0.4, -0.2) is 10.2 Å². The van der Waals surface area contributed by atoms with Gasteiger partial charge in [0.2, 0.25) is 0 Å². The first-order valence-corrected chi connectivity index (χ1v) is 8.84. The lowest BCUT2D eigenvalue weighted by Crippen LogP contribution is -2.01. The lowest BCUT2D eigenvalue weighted by molar-refractivity contribution is 0.488. The first-order valence-electron chi connectivity index (χ1n) is 8.08. The summed E-state index contributed by atoms with van der Waals surface area (Å²) in [5, 5.41) is 12.9. The standard InChI is InChI=1S/C20H15Cl2N3O/c21-14-9-10-16(22)13(11-14)12-23-20-19-17(24-25-20)7-4-8-18(19)26-15-5-2-1-3-6-15/h1-11H,12H2,(H2,23,24,25). The number of nitrogens with one attached hydrogen (secondary N) is 2. The normalized spacial score (nSPS) is 10.8. The maximum atomic E-state index is 6.24. The van der Waals surface area contributed by atoms with Crippen molar-refractivity contribution >= 4 is 39.9 Å². The molecule has 0 aliphatic carbocycles. The summed E-state index contributed by atoms with van der Waals surface area (Å²) in [7, 11) is 0. The van der Waals surface area contributed by atoms with Crippen molar-refractivity contribution in [1.29, 1.82) is 0 Å². The van der Waals surface area contributed by atoms with E-state index in [1.54, 1.807) is 12.1 Å². The molecule has 3 aromatic carbocycles. The van der Waals surface area contributed by atoms with Crippen LogP contribution in [0.15, 0.2) is 66.7 Å². The molecular formula is C20H15Cl2N3O. The summed E-state index contributed by atoms with van der Waals surface area (Å²) in [6.07, 6.45) is 0. The fourth-order valence-electron chi connectivity index (χ4n) is 2.73. The topological polar surface area (TPSA) is 49.9 Å². The molecule has 0 saturated heterocycles. The molecule has 0 fully saturated rings. The van der Waals surface area contributed by atoms with Crippen LogP contribution in [0.25, 0.3) is 10.9 Å². The Balaban J connectivity index is 1.64. The molecule has 4 aromatic rings. The Bertz CT molecular complexity index is 1050. The zero-order chi connectivity index (χ0) is 17.9. The first-order chi connectivity index (χ1) is 12.7. The van der Waals surface area contributed by atoms with Gasteiger partial charge in [0.15, 0.2) is 5.82 Å². The fourth-order valence-corrected chi connectivity index (χ4v) is 3.11. The number of fused-ring (bicyclic) bond motifs is 1. The lowest BCUT2D eigenvalue weighted by atomic mass is 10.2. The van der Waals surface area contributed by atoms with Gasteiger partial charge in [-0.2, -0.15) is 5.10 Å². The van der Waals surface area contributed by atoms with Gasteiger partial charge in [-0.05, 0) is 48.0 Å². The summed E-state index contributed by atoms with van der Waals surface area (Å²) < 4.78 is 6.04. The maximum absolute atomic E-state index is 6.24. The predicted octanol–water partition coefficient (Wildman–Crippen LogP) is 6.27. The number of hydrogen-bond acceptors (Lipinski definition) is 3. The number of ether oxygens (including phenoxy) is 1. The van der Waals surface area contributed by atoms with Gasteiger partial charge in [0, 0.05) is 16.6 Å². The van der Waals surface area contributed by atoms with Crippen LogP contribution in [0.4, 0.5) is 5.82 Å². The number of hydrogen-bond donors (Lipinski definition) is 2. The average molecular weight is 384 g/mol. The Kier molecular flexibility index (Phi) is 4.69. The van der Waals surface area contributed by atoms with Crippen LogP contribution >= 0.6 is 23.2 Å². The number of H-pyrrole nitrogens is 1. The van der Waals surface area contributed by atoms with Crippen molar-refractivity contribution in [1.82, 2.24) is 10.2 Å². The molecule has 0 aliphatic rings. The second kappa shape index (κ2) is 7.28. The number of para-hydroxylation sites is 1. The summed E-state index contributed by atoms with van der Waals surface area (Å²) in [5.41, 5.74) is 1.79. The second-order valence-electron chi connectivity index (χ2n) is 5.76. The van der Waals surface area contributed by atoms with E-state index in [9.17, 15) is 0 Å². The zero-order valence-electron chi connectivity index (χ0n) is 13.7. The van der Waals surface area contributed by atoms with E-state index in [2.05, 4.69) is 15.5 Å². The van der Waals surface area contributed by atoms with Crippen LogP contribution in [0.5, 0.6) is 11.5 Å². The highest BCUT2D eigenvalue weighted by Gasteiger charge is 2.12. The molecule has 4 rings (SSSR count). The van der Waals surface area contributed by atoms with Gasteiger partial charge in [0.05, 0.1) is 10.9 Å². The molecule has 0 radical (unpaired) electrons. The van der Waals surface area contributed by atoms with Gasteiger partial charge >= 0.3 is 0 Å². The van der Waals surface area contributed by atoms with E-state index in [4.69, 9.17) is 27.9 Å². The van der Waals surface area contributed by atoms with E-state index in [0.29, 0.717) is 22.4 Å². The molecule has 4 nitrogen and oxygen atoms in total. The third-order valence-corrected chi connectivity index (χ3v) is 4.58. The monoisotopic (exact) mass is 383 g/mol. The van der Waals surface area contributed by atoms with Gasteiger partial charge < -0.3 is 10.1 Å². The SMILES string of the molecule is Clc1ccc(Cl)c(CNc2n[nH]c3cccc(Oc4ccccc4)c23)c1. The van der Waals surface area contributed by atoms with Gasteiger partial charge in [-0.15, -0.1) is 0 Å². The molecule has 26 heavy (non-hydrogen) atoms. The minimum Gasteiger partial charge on any atom is -0.457 e. The molecule has 0 atom stereocenters. The Labute approximate surface area is 160 Å². The minimum atomic E-state index is 0.499. The van der Waals surface area contributed by atoms with Crippen molar-refractivity contribution in [2.45, 2.75) is 6.54 Å². The third kappa shape index (κ3) is 3.47. The molecule has 1 heterocycles. The Hall–Kier alpha value is -2.69. The van der Waals surface area contributed by atoms with E-state index >= 15 is 0 Å². The highest BCUT2D eigenvalue weighted by Crippen LogP contribution is 2.34. The summed E-state index contributed by atoms with van der Waals surface area (Å²) in [4.78, 5) is 0.